The summed E-state index contributed by atoms with van der Waals surface area (Å²) in [5.74, 6) is 2.68. The molecule has 4 fully saturated rings. The summed E-state index contributed by atoms with van der Waals surface area (Å²) in [5, 5.41) is 9.60. The van der Waals surface area contributed by atoms with Gasteiger partial charge in [-0.3, -0.25) is 4.79 Å². The zero-order valence-corrected chi connectivity index (χ0v) is 11.8. The van der Waals surface area contributed by atoms with E-state index < -0.39 is 5.97 Å². The van der Waals surface area contributed by atoms with Crippen molar-refractivity contribution >= 4 is 17.6 Å². The van der Waals surface area contributed by atoms with E-state index in [-0.39, 0.29) is 11.3 Å². The smallest absolute Gasteiger partial charge is 0.307 e. The number of alkyl halides is 1. The van der Waals surface area contributed by atoms with Crippen LogP contribution >= 0.6 is 11.6 Å². The summed E-state index contributed by atoms with van der Waals surface area (Å²) in [6.45, 7) is 2.26. The lowest BCUT2D eigenvalue weighted by Crippen LogP contribution is -2.56. The van der Waals surface area contributed by atoms with Crippen molar-refractivity contribution in [2.45, 2.75) is 45.4 Å². The lowest BCUT2D eigenvalue weighted by Gasteiger charge is -2.62. The maximum Gasteiger partial charge on any atom is 0.307 e. The molecule has 1 atom stereocenters. The lowest BCUT2D eigenvalue weighted by atomic mass is 9.43. The van der Waals surface area contributed by atoms with Crippen LogP contribution in [0.1, 0.15) is 45.4 Å². The SMILES string of the molecule is CC1(C(CCCl)C(=O)O)C2CC3CC(C2)CC1C3. The molecule has 4 aliphatic carbocycles. The van der Waals surface area contributed by atoms with Gasteiger partial charge < -0.3 is 5.11 Å². The maximum absolute atomic E-state index is 11.7. The molecule has 0 saturated heterocycles. The Kier molecular flexibility index (Phi) is 3.12. The highest BCUT2D eigenvalue weighted by Gasteiger charge is 2.58. The van der Waals surface area contributed by atoms with Crippen molar-refractivity contribution in [3.63, 3.8) is 0 Å². The molecule has 0 aromatic rings. The second-order valence-electron chi connectivity index (χ2n) is 7.04. The Morgan fingerprint density at radius 1 is 1.22 bits per heavy atom. The second kappa shape index (κ2) is 4.40. The number of halogens is 1. The van der Waals surface area contributed by atoms with Crippen LogP contribution in [0.15, 0.2) is 0 Å². The fourth-order valence-electron chi connectivity index (χ4n) is 5.58. The Morgan fingerprint density at radius 3 is 2.11 bits per heavy atom. The molecule has 4 aliphatic rings. The van der Waals surface area contributed by atoms with Crippen molar-refractivity contribution in [3.05, 3.63) is 0 Å². The Hall–Kier alpha value is -0.240. The minimum absolute atomic E-state index is 0.00808. The molecule has 0 heterocycles. The average molecular weight is 271 g/mol. The van der Waals surface area contributed by atoms with Gasteiger partial charge >= 0.3 is 5.97 Å². The molecule has 0 aromatic heterocycles. The molecule has 0 radical (unpaired) electrons. The number of carboxylic acid groups (broad SMARTS) is 1. The number of aliphatic carboxylic acids is 1. The van der Waals surface area contributed by atoms with Crippen LogP contribution in [0.3, 0.4) is 0 Å². The fourth-order valence-corrected chi connectivity index (χ4v) is 5.80. The molecular weight excluding hydrogens is 248 g/mol. The van der Waals surface area contributed by atoms with E-state index >= 15 is 0 Å². The molecule has 3 heteroatoms. The highest BCUT2D eigenvalue weighted by Crippen LogP contribution is 2.65. The van der Waals surface area contributed by atoms with Crippen molar-refractivity contribution < 1.29 is 9.90 Å². The van der Waals surface area contributed by atoms with Crippen molar-refractivity contribution in [1.82, 2.24) is 0 Å². The van der Waals surface area contributed by atoms with Gasteiger partial charge in [-0.2, -0.15) is 0 Å². The van der Waals surface area contributed by atoms with Gasteiger partial charge in [0.2, 0.25) is 0 Å². The largest absolute Gasteiger partial charge is 0.481 e. The summed E-state index contributed by atoms with van der Waals surface area (Å²) in [6, 6.07) is 0. The lowest BCUT2D eigenvalue weighted by molar-refractivity contribution is -0.168. The second-order valence-corrected chi connectivity index (χ2v) is 7.42. The highest BCUT2D eigenvalue weighted by atomic mass is 35.5. The first-order valence-electron chi connectivity index (χ1n) is 7.34. The third kappa shape index (κ3) is 1.71. The van der Waals surface area contributed by atoms with Gasteiger partial charge in [-0.1, -0.05) is 6.92 Å². The van der Waals surface area contributed by atoms with Crippen molar-refractivity contribution in [1.29, 1.82) is 0 Å². The molecule has 4 saturated carbocycles. The molecule has 0 aromatic carbocycles. The monoisotopic (exact) mass is 270 g/mol. The van der Waals surface area contributed by atoms with Gasteiger partial charge in [0, 0.05) is 5.88 Å². The van der Waals surface area contributed by atoms with E-state index in [1.54, 1.807) is 0 Å². The van der Waals surface area contributed by atoms with E-state index in [2.05, 4.69) is 6.92 Å². The molecule has 4 bridgehead atoms. The Morgan fingerprint density at radius 2 is 1.72 bits per heavy atom. The number of carbonyl (C=O) groups is 1. The molecule has 0 spiro atoms. The van der Waals surface area contributed by atoms with Gasteiger partial charge in [0.15, 0.2) is 0 Å². The van der Waals surface area contributed by atoms with E-state index in [1.807, 2.05) is 0 Å². The van der Waals surface area contributed by atoms with Gasteiger partial charge in [-0.25, -0.2) is 0 Å². The summed E-state index contributed by atoms with van der Waals surface area (Å²) in [6.07, 6.45) is 7.14. The maximum atomic E-state index is 11.7. The first kappa shape index (κ1) is 12.8. The van der Waals surface area contributed by atoms with Gasteiger partial charge in [-0.15, -0.1) is 11.6 Å². The normalized spacial score (nSPS) is 47.2. The Labute approximate surface area is 114 Å². The predicted octanol–water partition coefficient (Wildman–Crippen LogP) is 3.78. The molecule has 0 aliphatic heterocycles. The van der Waals surface area contributed by atoms with Crippen LogP contribution < -0.4 is 0 Å². The first-order chi connectivity index (χ1) is 8.55. The molecule has 1 N–H and O–H groups in total. The predicted molar refractivity (Wildman–Crippen MR) is 71.6 cm³/mol. The number of rotatable bonds is 4. The van der Waals surface area contributed by atoms with Crippen LogP contribution in [0.25, 0.3) is 0 Å². The van der Waals surface area contributed by atoms with Gasteiger partial charge in [0.1, 0.15) is 0 Å². The van der Waals surface area contributed by atoms with Crippen molar-refractivity contribution in [3.8, 4) is 0 Å². The molecule has 4 rings (SSSR count). The van der Waals surface area contributed by atoms with E-state index in [4.69, 9.17) is 11.6 Å². The van der Waals surface area contributed by atoms with E-state index in [0.717, 1.165) is 11.8 Å². The van der Waals surface area contributed by atoms with E-state index in [9.17, 15) is 9.90 Å². The molecule has 1 unspecified atom stereocenters. The summed E-state index contributed by atoms with van der Waals surface area (Å²) in [7, 11) is 0. The van der Waals surface area contributed by atoms with E-state index in [0.29, 0.717) is 24.1 Å². The van der Waals surface area contributed by atoms with Crippen LogP contribution in [0.2, 0.25) is 0 Å². The van der Waals surface area contributed by atoms with E-state index in [1.165, 1.54) is 32.1 Å². The molecular formula is C15H23ClO2. The topological polar surface area (TPSA) is 37.3 Å². The molecule has 102 valence electrons. The highest BCUT2D eigenvalue weighted by molar-refractivity contribution is 6.17. The van der Waals surface area contributed by atoms with Crippen LogP contribution in [-0.4, -0.2) is 17.0 Å². The Bertz CT molecular complexity index is 324. The fraction of sp³-hybridized carbons (Fsp3) is 0.933. The number of hydrogen-bond donors (Lipinski definition) is 1. The van der Waals surface area contributed by atoms with Crippen molar-refractivity contribution in [2.75, 3.05) is 5.88 Å². The van der Waals surface area contributed by atoms with Crippen LogP contribution in [0.4, 0.5) is 0 Å². The van der Waals surface area contributed by atoms with Crippen LogP contribution in [0.5, 0.6) is 0 Å². The molecule has 18 heavy (non-hydrogen) atoms. The van der Waals surface area contributed by atoms with Crippen LogP contribution in [-0.2, 0) is 4.79 Å². The van der Waals surface area contributed by atoms with Crippen LogP contribution in [0, 0.1) is 35.0 Å². The quantitative estimate of drug-likeness (QED) is 0.790. The minimum atomic E-state index is -0.620. The first-order valence-corrected chi connectivity index (χ1v) is 7.87. The standard InChI is InChI=1S/C15H23ClO2/c1-15(13(2-3-16)14(17)18)11-5-9-4-10(7-11)8-12(15)6-9/h9-13H,2-8H2,1H3,(H,17,18). The summed E-state index contributed by atoms with van der Waals surface area (Å²) < 4.78 is 0. The third-order valence-electron chi connectivity index (χ3n) is 6.34. The number of hydrogen-bond acceptors (Lipinski definition) is 1. The molecule has 2 nitrogen and oxygen atoms in total. The Balaban J connectivity index is 1.90. The number of carboxylic acids is 1. The van der Waals surface area contributed by atoms with Gasteiger partial charge in [-0.05, 0) is 67.6 Å². The van der Waals surface area contributed by atoms with Gasteiger partial charge in [0.05, 0.1) is 5.92 Å². The van der Waals surface area contributed by atoms with Gasteiger partial charge in [0.25, 0.3) is 0 Å². The average Bonchev–Trinajstić information content (AvgIpc) is 2.31. The summed E-state index contributed by atoms with van der Waals surface area (Å²) >= 11 is 5.85. The molecule has 0 amide bonds. The minimum Gasteiger partial charge on any atom is -0.481 e. The third-order valence-corrected chi connectivity index (χ3v) is 6.56. The zero-order valence-electron chi connectivity index (χ0n) is 11.1. The van der Waals surface area contributed by atoms with Crippen molar-refractivity contribution in [2.24, 2.45) is 35.0 Å². The summed E-state index contributed by atoms with van der Waals surface area (Å²) in [4.78, 5) is 11.7. The summed E-state index contributed by atoms with van der Waals surface area (Å²) in [5.41, 5.74) is 0.00808. The zero-order chi connectivity index (χ0) is 12.9.